The number of rotatable bonds is 3. The van der Waals surface area contributed by atoms with Gasteiger partial charge in [-0.3, -0.25) is 5.10 Å². The van der Waals surface area contributed by atoms with Crippen molar-refractivity contribution in [3.05, 3.63) is 64.3 Å². The molecule has 27 heavy (non-hydrogen) atoms. The second kappa shape index (κ2) is 6.29. The monoisotopic (exact) mass is 395 g/mol. The molecule has 8 heteroatoms. The first-order valence-corrected chi connectivity index (χ1v) is 9.40. The molecule has 5 rings (SSSR count). The van der Waals surface area contributed by atoms with Gasteiger partial charge in [0.05, 0.1) is 16.2 Å². The minimum absolute atomic E-state index is 0.204. The number of thiophene rings is 1. The average molecular weight is 396 g/mol. The Balaban J connectivity index is 1.79. The fourth-order valence-electron chi connectivity index (χ4n) is 3.10. The maximum atomic E-state index is 14.3. The number of pyridine rings is 1. The van der Waals surface area contributed by atoms with Crippen LogP contribution in [0, 0.1) is 5.82 Å². The van der Waals surface area contributed by atoms with E-state index in [-0.39, 0.29) is 5.69 Å². The number of nitrogens with one attached hydrogen (secondary N) is 2. The summed E-state index contributed by atoms with van der Waals surface area (Å²) in [5, 5.41) is 17.1. The van der Waals surface area contributed by atoms with Gasteiger partial charge in [-0.25, -0.2) is 14.4 Å². The molecule has 0 unspecified atom stereocenters. The quantitative estimate of drug-likeness (QED) is 0.407. The van der Waals surface area contributed by atoms with E-state index in [4.69, 9.17) is 16.6 Å². The first-order chi connectivity index (χ1) is 13.2. The lowest BCUT2D eigenvalue weighted by molar-refractivity contribution is 0.632. The zero-order chi connectivity index (χ0) is 18.4. The van der Waals surface area contributed by atoms with E-state index in [9.17, 15) is 4.39 Å². The number of H-pyrrole nitrogens is 1. The van der Waals surface area contributed by atoms with Crippen LogP contribution in [0.1, 0.15) is 0 Å². The largest absolute Gasteiger partial charge is 0.336 e. The van der Waals surface area contributed by atoms with Crippen molar-refractivity contribution in [2.45, 2.75) is 0 Å². The zero-order valence-electron chi connectivity index (χ0n) is 13.7. The van der Waals surface area contributed by atoms with E-state index in [1.54, 1.807) is 23.5 Å². The van der Waals surface area contributed by atoms with E-state index in [1.807, 2.05) is 23.6 Å². The standard InChI is InChI=1S/C19H11ClFN5S/c20-14-5-2-6-15(21)17(14)25-19-13-8-27-7-12(13)10-3-1-4-11(16(10)24-19)18-22-9-23-26-18/h1-9H,(H,24,25)(H,22,23,26). The van der Waals surface area contributed by atoms with Crippen LogP contribution in [0.25, 0.3) is 33.1 Å². The van der Waals surface area contributed by atoms with Gasteiger partial charge in [-0.15, -0.1) is 0 Å². The van der Waals surface area contributed by atoms with Crippen molar-refractivity contribution in [1.29, 1.82) is 0 Å². The van der Waals surface area contributed by atoms with Crippen LogP contribution in [-0.2, 0) is 0 Å². The van der Waals surface area contributed by atoms with E-state index >= 15 is 0 Å². The molecule has 0 fully saturated rings. The van der Waals surface area contributed by atoms with E-state index < -0.39 is 5.82 Å². The number of nitrogens with zero attached hydrogens (tertiary/aromatic N) is 3. The van der Waals surface area contributed by atoms with Crippen molar-refractivity contribution in [2.75, 3.05) is 5.32 Å². The van der Waals surface area contributed by atoms with Crippen molar-refractivity contribution >= 4 is 56.1 Å². The van der Waals surface area contributed by atoms with Crippen LogP contribution in [0.2, 0.25) is 5.02 Å². The summed E-state index contributed by atoms with van der Waals surface area (Å²) in [7, 11) is 0. The molecule has 0 aliphatic rings. The number of fused-ring (bicyclic) bond motifs is 3. The number of hydrogen-bond acceptors (Lipinski definition) is 5. The highest BCUT2D eigenvalue weighted by Crippen LogP contribution is 2.38. The van der Waals surface area contributed by atoms with Crippen LogP contribution >= 0.6 is 22.9 Å². The number of anilines is 2. The summed E-state index contributed by atoms with van der Waals surface area (Å²) in [6, 6.07) is 10.5. The molecule has 3 aromatic heterocycles. The molecule has 0 amide bonds. The smallest absolute Gasteiger partial charge is 0.157 e. The van der Waals surface area contributed by atoms with Gasteiger partial charge in [0.25, 0.3) is 0 Å². The molecule has 0 atom stereocenters. The van der Waals surface area contributed by atoms with Gasteiger partial charge in [0.1, 0.15) is 18.0 Å². The van der Waals surface area contributed by atoms with Gasteiger partial charge in [-0.1, -0.05) is 29.8 Å². The zero-order valence-corrected chi connectivity index (χ0v) is 15.3. The maximum Gasteiger partial charge on any atom is 0.157 e. The molecule has 3 heterocycles. The SMILES string of the molecule is Fc1cccc(Cl)c1Nc1nc2c(-c3ncn[nH]3)cccc2c2cscc12. The van der Waals surface area contributed by atoms with Crippen molar-refractivity contribution < 1.29 is 4.39 Å². The van der Waals surface area contributed by atoms with E-state index in [0.29, 0.717) is 16.7 Å². The van der Waals surface area contributed by atoms with Crippen LogP contribution in [-0.4, -0.2) is 20.2 Å². The van der Waals surface area contributed by atoms with Crippen molar-refractivity contribution in [3.8, 4) is 11.4 Å². The lowest BCUT2D eigenvalue weighted by Crippen LogP contribution is -1.99. The van der Waals surface area contributed by atoms with Crippen LogP contribution in [0.3, 0.4) is 0 Å². The minimum Gasteiger partial charge on any atom is -0.336 e. The summed E-state index contributed by atoms with van der Waals surface area (Å²) in [5.41, 5.74) is 1.77. The molecule has 5 aromatic rings. The third kappa shape index (κ3) is 2.63. The van der Waals surface area contributed by atoms with Gasteiger partial charge in [0.2, 0.25) is 0 Å². The molecule has 0 aliphatic heterocycles. The Morgan fingerprint density at radius 1 is 1.04 bits per heavy atom. The number of para-hydroxylation sites is 2. The predicted molar refractivity (Wildman–Crippen MR) is 107 cm³/mol. The number of benzene rings is 2. The molecule has 2 aromatic carbocycles. The topological polar surface area (TPSA) is 66.5 Å². The molecule has 0 saturated heterocycles. The third-order valence-corrected chi connectivity index (χ3v) is 5.40. The number of hydrogen-bond donors (Lipinski definition) is 2. The minimum atomic E-state index is -0.434. The molecule has 0 spiro atoms. The normalized spacial score (nSPS) is 11.3. The molecule has 0 aliphatic carbocycles. The lowest BCUT2D eigenvalue weighted by atomic mass is 10.1. The summed E-state index contributed by atoms with van der Waals surface area (Å²) >= 11 is 7.75. The van der Waals surface area contributed by atoms with Crippen LogP contribution in [0.15, 0.2) is 53.5 Å². The first kappa shape index (κ1) is 16.2. The Labute approximate surface area is 161 Å². The van der Waals surface area contributed by atoms with E-state index in [2.05, 4.69) is 25.9 Å². The average Bonchev–Trinajstić information content (AvgIpc) is 3.36. The molecule has 5 nitrogen and oxygen atoms in total. The first-order valence-electron chi connectivity index (χ1n) is 8.08. The fraction of sp³-hybridized carbons (Fsp3) is 0. The summed E-state index contributed by atoms with van der Waals surface area (Å²) in [5.74, 6) is 0.728. The van der Waals surface area contributed by atoms with Crippen molar-refractivity contribution in [1.82, 2.24) is 20.2 Å². The van der Waals surface area contributed by atoms with E-state index in [0.717, 1.165) is 27.2 Å². The maximum absolute atomic E-state index is 14.3. The lowest BCUT2D eigenvalue weighted by Gasteiger charge is -2.12. The Morgan fingerprint density at radius 2 is 1.89 bits per heavy atom. The van der Waals surface area contributed by atoms with Crippen molar-refractivity contribution in [3.63, 3.8) is 0 Å². The summed E-state index contributed by atoms with van der Waals surface area (Å²) < 4.78 is 14.3. The molecule has 2 N–H and O–H groups in total. The number of halogens is 2. The van der Waals surface area contributed by atoms with Gasteiger partial charge in [-0.05, 0) is 23.6 Å². The predicted octanol–water partition coefficient (Wildman–Crippen LogP) is 5.77. The van der Waals surface area contributed by atoms with Crippen LogP contribution < -0.4 is 5.32 Å². The highest BCUT2D eigenvalue weighted by Gasteiger charge is 2.16. The summed E-state index contributed by atoms with van der Waals surface area (Å²) in [6.07, 6.45) is 1.45. The Bertz CT molecular complexity index is 1260. The second-order valence-corrected chi connectivity index (χ2v) is 7.07. The highest BCUT2D eigenvalue weighted by molar-refractivity contribution is 7.09. The van der Waals surface area contributed by atoms with Gasteiger partial charge in [0.15, 0.2) is 5.82 Å². The Morgan fingerprint density at radius 3 is 2.70 bits per heavy atom. The second-order valence-electron chi connectivity index (χ2n) is 5.92. The van der Waals surface area contributed by atoms with Crippen LogP contribution in [0.4, 0.5) is 15.9 Å². The molecule has 0 radical (unpaired) electrons. The number of aromatic amines is 1. The fourth-order valence-corrected chi connectivity index (χ4v) is 4.14. The molecule has 132 valence electrons. The van der Waals surface area contributed by atoms with Gasteiger partial charge in [0, 0.05) is 27.1 Å². The van der Waals surface area contributed by atoms with Crippen LogP contribution in [0.5, 0.6) is 0 Å². The van der Waals surface area contributed by atoms with Gasteiger partial charge < -0.3 is 5.32 Å². The van der Waals surface area contributed by atoms with Gasteiger partial charge >= 0.3 is 0 Å². The summed E-state index contributed by atoms with van der Waals surface area (Å²) in [4.78, 5) is 9.03. The third-order valence-electron chi connectivity index (χ3n) is 4.34. The molecular weight excluding hydrogens is 385 g/mol. The summed E-state index contributed by atoms with van der Waals surface area (Å²) in [6.45, 7) is 0. The molecule has 0 saturated carbocycles. The van der Waals surface area contributed by atoms with Gasteiger partial charge in [-0.2, -0.15) is 16.4 Å². The Hall–Kier alpha value is -3.03. The van der Waals surface area contributed by atoms with Crippen molar-refractivity contribution in [2.24, 2.45) is 0 Å². The molecular formula is C19H11ClFN5S. The Kier molecular flexibility index (Phi) is 3.77. The highest BCUT2D eigenvalue weighted by atomic mass is 35.5. The number of aromatic nitrogens is 4. The molecule has 0 bridgehead atoms. The van der Waals surface area contributed by atoms with E-state index in [1.165, 1.54) is 12.4 Å².